The Hall–Kier alpha value is -2.70. The molecule has 1 amide bonds. The maximum Gasteiger partial charge on any atom is 0.255 e. The Balaban J connectivity index is 1.63. The number of aryl methyl sites for hydroxylation is 1. The van der Waals surface area contributed by atoms with Crippen LogP contribution in [0.2, 0.25) is 10.0 Å². The highest BCUT2D eigenvalue weighted by Gasteiger charge is 2.27. The lowest BCUT2D eigenvalue weighted by Gasteiger charge is -2.37. The first kappa shape index (κ1) is 25.4. The molecule has 0 bridgehead atoms. The van der Waals surface area contributed by atoms with Crippen molar-refractivity contribution in [2.75, 3.05) is 31.1 Å². The summed E-state index contributed by atoms with van der Waals surface area (Å²) in [7, 11) is 0. The number of rotatable bonds is 6. The molecule has 2 aromatic carbocycles. The number of hydrogen-bond donors (Lipinski definition) is 0. The predicted octanol–water partition coefficient (Wildman–Crippen LogP) is 6.30. The van der Waals surface area contributed by atoms with Gasteiger partial charge in [-0.25, -0.2) is 14.4 Å². The largest absolute Gasteiger partial charge is 0.353 e. The van der Waals surface area contributed by atoms with E-state index in [1.54, 1.807) is 24.3 Å². The third-order valence-corrected chi connectivity index (χ3v) is 7.33. The van der Waals surface area contributed by atoms with Crippen LogP contribution >= 0.6 is 23.2 Å². The summed E-state index contributed by atoms with van der Waals surface area (Å²) in [5.41, 5.74) is 2.62. The number of piperazine rings is 1. The Morgan fingerprint density at radius 3 is 2.34 bits per heavy atom. The molecule has 1 aromatic heterocycles. The minimum atomic E-state index is -0.344. The normalized spacial score (nSPS) is 14.8. The Bertz CT molecular complexity index is 1210. The Labute approximate surface area is 215 Å². The van der Waals surface area contributed by atoms with Gasteiger partial charge in [0.05, 0.1) is 10.6 Å². The van der Waals surface area contributed by atoms with E-state index in [4.69, 9.17) is 33.2 Å². The molecule has 0 N–H and O–H groups in total. The van der Waals surface area contributed by atoms with Crippen LogP contribution in [0.15, 0.2) is 42.5 Å². The Morgan fingerprint density at radius 2 is 1.69 bits per heavy atom. The summed E-state index contributed by atoms with van der Waals surface area (Å²) >= 11 is 12.6. The molecule has 0 radical (unpaired) electrons. The minimum absolute atomic E-state index is 0.0761. The highest BCUT2D eigenvalue weighted by Crippen LogP contribution is 2.31. The van der Waals surface area contributed by atoms with E-state index in [-0.39, 0.29) is 17.6 Å². The second kappa shape index (κ2) is 10.9. The zero-order valence-corrected chi connectivity index (χ0v) is 21.7. The fraction of sp³-hybridized carbons (Fsp3) is 0.370. The van der Waals surface area contributed by atoms with Gasteiger partial charge < -0.3 is 9.80 Å². The van der Waals surface area contributed by atoms with E-state index in [1.807, 2.05) is 24.0 Å². The van der Waals surface area contributed by atoms with E-state index in [9.17, 15) is 9.18 Å². The summed E-state index contributed by atoms with van der Waals surface area (Å²) in [6.07, 6.45) is 1.21. The van der Waals surface area contributed by atoms with Gasteiger partial charge in [-0.3, -0.25) is 4.79 Å². The van der Waals surface area contributed by atoms with Gasteiger partial charge in [0.2, 0.25) is 0 Å². The van der Waals surface area contributed by atoms with Gasteiger partial charge in [-0.1, -0.05) is 55.2 Å². The third kappa shape index (κ3) is 5.44. The number of anilines is 1. The van der Waals surface area contributed by atoms with Crippen LogP contribution < -0.4 is 4.90 Å². The molecule has 0 unspecified atom stereocenters. The number of hydrogen-bond acceptors (Lipinski definition) is 4. The number of benzene rings is 2. The van der Waals surface area contributed by atoms with E-state index >= 15 is 0 Å². The number of aromatic nitrogens is 2. The molecule has 8 heteroatoms. The van der Waals surface area contributed by atoms with Crippen molar-refractivity contribution in [2.24, 2.45) is 0 Å². The lowest BCUT2D eigenvalue weighted by Crippen LogP contribution is -2.49. The van der Waals surface area contributed by atoms with Crippen molar-refractivity contribution in [3.63, 3.8) is 0 Å². The highest BCUT2D eigenvalue weighted by atomic mass is 35.5. The summed E-state index contributed by atoms with van der Waals surface area (Å²) in [6, 6.07) is 11.8. The summed E-state index contributed by atoms with van der Waals surface area (Å²) in [4.78, 5) is 26.7. The van der Waals surface area contributed by atoms with Crippen molar-refractivity contribution < 1.29 is 9.18 Å². The smallest absolute Gasteiger partial charge is 0.255 e. The van der Waals surface area contributed by atoms with Gasteiger partial charge in [-0.15, -0.1) is 0 Å². The van der Waals surface area contributed by atoms with Gasteiger partial charge in [0, 0.05) is 60.4 Å². The topological polar surface area (TPSA) is 49.3 Å². The molecule has 184 valence electrons. The quantitative estimate of drug-likeness (QED) is 0.387. The maximum absolute atomic E-state index is 14.6. The van der Waals surface area contributed by atoms with E-state index in [0.717, 1.165) is 29.3 Å². The molecule has 0 spiro atoms. The first-order valence-corrected chi connectivity index (χ1v) is 12.6. The van der Waals surface area contributed by atoms with E-state index in [0.29, 0.717) is 53.8 Å². The van der Waals surface area contributed by atoms with Crippen molar-refractivity contribution in [3.05, 3.63) is 86.5 Å². The number of carbonyl (C=O) groups is 1. The van der Waals surface area contributed by atoms with Crippen molar-refractivity contribution >= 4 is 34.9 Å². The lowest BCUT2D eigenvalue weighted by molar-refractivity contribution is 0.0746. The molecule has 1 atom stereocenters. The summed E-state index contributed by atoms with van der Waals surface area (Å²) in [6.45, 7) is 8.42. The summed E-state index contributed by atoms with van der Waals surface area (Å²) < 4.78 is 14.6. The van der Waals surface area contributed by atoms with Crippen molar-refractivity contribution in [1.82, 2.24) is 14.9 Å². The van der Waals surface area contributed by atoms with E-state index in [1.165, 1.54) is 6.07 Å². The standard InChI is InChI=1S/C27H29Cl2FN4O/c1-4-17(2)25-31-18(3)20(16-21-23(29)10-7-11-24(21)30)26(32-25)33-12-14-34(15-13-33)27(35)19-8-5-6-9-22(19)28/h5-11,17H,4,12-16H2,1-3H3/t17-/m0/s1. The van der Waals surface area contributed by atoms with Crippen LogP contribution in [0.5, 0.6) is 0 Å². The van der Waals surface area contributed by atoms with Crippen LogP contribution in [0.3, 0.4) is 0 Å². The van der Waals surface area contributed by atoms with Crippen molar-refractivity contribution in [2.45, 2.75) is 39.5 Å². The molecule has 35 heavy (non-hydrogen) atoms. The van der Waals surface area contributed by atoms with Crippen molar-refractivity contribution in [3.8, 4) is 0 Å². The van der Waals surface area contributed by atoms with Crippen molar-refractivity contribution in [1.29, 1.82) is 0 Å². The molecule has 1 aliphatic rings. The molecule has 0 aliphatic carbocycles. The summed E-state index contributed by atoms with van der Waals surface area (Å²) in [5, 5.41) is 0.838. The molecule has 2 heterocycles. The van der Waals surface area contributed by atoms with Crippen LogP contribution in [-0.4, -0.2) is 47.0 Å². The number of halogens is 3. The SMILES string of the molecule is CC[C@H](C)c1nc(C)c(Cc2c(F)cccc2Cl)c(N2CCN(C(=O)c3ccccc3Cl)CC2)n1. The fourth-order valence-electron chi connectivity index (χ4n) is 4.28. The van der Waals surface area contributed by atoms with Gasteiger partial charge >= 0.3 is 0 Å². The molecule has 5 nitrogen and oxygen atoms in total. The monoisotopic (exact) mass is 514 g/mol. The number of amides is 1. The number of carbonyl (C=O) groups excluding carboxylic acids is 1. The first-order valence-electron chi connectivity index (χ1n) is 11.9. The fourth-order valence-corrected chi connectivity index (χ4v) is 4.72. The molecular formula is C27H29Cl2FN4O. The average molecular weight is 515 g/mol. The Morgan fingerprint density at radius 1 is 1.00 bits per heavy atom. The predicted molar refractivity (Wildman–Crippen MR) is 139 cm³/mol. The molecule has 1 aliphatic heterocycles. The third-order valence-electron chi connectivity index (χ3n) is 6.65. The molecule has 3 aromatic rings. The maximum atomic E-state index is 14.6. The van der Waals surface area contributed by atoms with Gasteiger partial charge in [0.15, 0.2) is 0 Å². The van der Waals surface area contributed by atoms with Gasteiger partial charge in [-0.05, 0) is 37.6 Å². The molecule has 4 rings (SSSR count). The van der Waals surface area contributed by atoms with Crippen LogP contribution in [0, 0.1) is 12.7 Å². The van der Waals surface area contributed by atoms with Crippen LogP contribution in [-0.2, 0) is 6.42 Å². The van der Waals surface area contributed by atoms with Crippen LogP contribution in [0.1, 0.15) is 59.2 Å². The first-order chi connectivity index (χ1) is 16.8. The second-order valence-electron chi connectivity index (χ2n) is 8.91. The van der Waals surface area contributed by atoms with Crippen LogP contribution in [0.25, 0.3) is 0 Å². The molecular weight excluding hydrogens is 486 g/mol. The molecule has 1 fully saturated rings. The molecule has 1 saturated heterocycles. The lowest BCUT2D eigenvalue weighted by atomic mass is 10.0. The van der Waals surface area contributed by atoms with Gasteiger partial charge in [0.25, 0.3) is 5.91 Å². The zero-order chi connectivity index (χ0) is 25.1. The van der Waals surface area contributed by atoms with E-state index < -0.39 is 0 Å². The van der Waals surface area contributed by atoms with Crippen LogP contribution in [0.4, 0.5) is 10.2 Å². The summed E-state index contributed by atoms with van der Waals surface area (Å²) in [5.74, 6) is 1.34. The van der Waals surface area contributed by atoms with Gasteiger partial charge in [-0.2, -0.15) is 0 Å². The van der Waals surface area contributed by atoms with E-state index in [2.05, 4.69) is 18.7 Å². The second-order valence-corrected chi connectivity index (χ2v) is 9.73. The highest BCUT2D eigenvalue weighted by molar-refractivity contribution is 6.33. The van der Waals surface area contributed by atoms with Gasteiger partial charge in [0.1, 0.15) is 17.5 Å². The Kier molecular flexibility index (Phi) is 7.92. The number of nitrogens with zero attached hydrogens (tertiary/aromatic N) is 4. The minimum Gasteiger partial charge on any atom is -0.353 e. The zero-order valence-electron chi connectivity index (χ0n) is 20.2. The molecule has 0 saturated carbocycles. The average Bonchev–Trinajstić information content (AvgIpc) is 2.86.